The van der Waals surface area contributed by atoms with Gasteiger partial charge in [-0.05, 0) is 30.3 Å². The first-order chi connectivity index (χ1) is 9.24. The molecule has 0 fully saturated rings. The van der Waals surface area contributed by atoms with Crippen LogP contribution in [0.1, 0.15) is 11.7 Å². The summed E-state index contributed by atoms with van der Waals surface area (Å²) in [7, 11) is 1.59. The minimum absolute atomic E-state index is 0.445. The van der Waals surface area contributed by atoms with Gasteiger partial charge in [0.2, 0.25) is 0 Å². The quantitative estimate of drug-likeness (QED) is 0.853. The van der Waals surface area contributed by atoms with Crippen LogP contribution in [-0.2, 0) is 0 Å². The SMILES string of the molecule is COc1ccc(Oc2ccccc2C(O)C#N)cc1. The minimum atomic E-state index is -1.20. The number of methoxy groups -OCH3 is 1. The third kappa shape index (κ3) is 3.03. The van der Waals surface area contributed by atoms with Gasteiger partial charge in [0.25, 0.3) is 0 Å². The van der Waals surface area contributed by atoms with Gasteiger partial charge in [-0.25, -0.2) is 0 Å². The first-order valence-electron chi connectivity index (χ1n) is 5.73. The zero-order valence-electron chi connectivity index (χ0n) is 10.4. The maximum Gasteiger partial charge on any atom is 0.169 e. The maximum atomic E-state index is 9.61. The molecule has 1 atom stereocenters. The second kappa shape index (κ2) is 5.89. The molecule has 0 radical (unpaired) electrons. The first-order valence-corrected chi connectivity index (χ1v) is 5.73. The lowest BCUT2D eigenvalue weighted by Gasteiger charge is -2.12. The number of hydrogen-bond donors (Lipinski definition) is 1. The molecule has 19 heavy (non-hydrogen) atoms. The monoisotopic (exact) mass is 255 g/mol. The van der Waals surface area contributed by atoms with Crippen LogP contribution in [0.25, 0.3) is 0 Å². The van der Waals surface area contributed by atoms with Gasteiger partial charge in [-0.2, -0.15) is 5.26 Å². The fraction of sp³-hybridized carbons (Fsp3) is 0.133. The molecule has 4 nitrogen and oxygen atoms in total. The minimum Gasteiger partial charge on any atom is -0.497 e. The number of rotatable bonds is 4. The predicted octanol–water partition coefficient (Wildman–Crippen LogP) is 3.04. The van der Waals surface area contributed by atoms with Crippen molar-refractivity contribution in [2.24, 2.45) is 0 Å². The average molecular weight is 255 g/mol. The van der Waals surface area contributed by atoms with Crippen LogP contribution in [-0.4, -0.2) is 12.2 Å². The highest BCUT2D eigenvalue weighted by Gasteiger charge is 2.12. The summed E-state index contributed by atoms with van der Waals surface area (Å²) in [5, 5.41) is 18.4. The molecule has 0 bridgehead atoms. The number of hydrogen-bond acceptors (Lipinski definition) is 4. The predicted molar refractivity (Wildman–Crippen MR) is 70.1 cm³/mol. The van der Waals surface area contributed by atoms with Gasteiger partial charge in [0.1, 0.15) is 17.2 Å². The normalized spacial score (nSPS) is 11.4. The number of aliphatic hydroxyl groups excluding tert-OH is 1. The topological polar surface area (TPSA) is 62.5 Å². The van der Waals surface area contributed by atoms with Crippen molar-refractivity contribution in [3.8, 4) is 23.3 Å². The molecule has 0 heterocycles. The standard InChI is InChI=1S/C15H13NO3/c1-18-11-6-8-12(9-7-11)19-15-5-3-2-4-13(15)14(17)10-16/h2-9,14,17H,1H3. The van der Waals surface area contributed by atoms with Crippen LogP contribution in [0.4, 0.5) is 0 Å². The summed E-state index contributed by atoms with van der Waals surface area (Å²) in [6.45, 7) is 0. The van der Waals surface area contributed by atoms with Crippen LogP contribution in [0.15, 0.2) is 48.5 Å². The molecule has 2 aromatic carbocycles. The molecule has 2 rings (SSSR count). The summed E-state index contributed by atoms with van der Waals surface area (Å²) < 4.78 is 10.7. The van der Waals surface area contributed by atoms with Crippen LogP contribution in [0.3, 0.4) is 0 Å². The lowest BCUT2D eigenvalue weighted by molar-refractivity contribution is 0.231. The van der Waals surface area contributed by atoms with E-state index in [-0.39, 0.29) is 0 Å². The molecule has 2 aromatic rings. The number of ether oxygens (including phenoxy) is 2. The third-order valence-corrected chi connectivity index (χ3v) is 2.62. The van der Waals surface area contributed by atoms with Crippen molar-refractivity contribution >= 4 is 0 Å². The summed E-state index contributed by atoms with van der Waals surface area (Å²) in [4.78, 5) is 0. The van der Waals surface area contributed by atoms with E-state index in [9.17, 15) is 5.11 Å². The number of aliphatic hydroxyl groups is 1. The van der Waals surface area contributed by atoms with Crippen molar-refractivity contribution < 1.29 is 14.6 Å². The van der Waals surface area contributed by atoms with E-state index < -0.39 is 6.10 Å². The molecule has 0 aromatic heterocycles. The van der Waals surface area contributed by atoms with E-state index >= 15 is 0 Å². The highest BCUT2D eigenvalue weighted by atomic mass is 16.5. The van der Waals surface area contributed by atoms with Gasteiger partial charge in [-0.1, -0.05) is 18.2 Å². The van der Waals surface area contributed by atoms with Gasteiger partial charge < -0.3 is 14.6 Å². The van der Waals surface area contributed by atoms with Crippen LogP contribution in [0, 0.1) is 11.3 Å². The van der Waals surface area contributed by atoms with E-state index in [1.165, 1.54) is 0 Å². The molecule has 0 amide bonds. The second-order valence-electron chi connectivity index (χ2n) is 3.85. The molecule has 0 saturated heterocycles. The van der Waals surface area contributed by atoms with Gasteiger partial charge in [0.15, 0.2) is 6.10 Å². The number of nitrogens with zero attached hydrogens (tertiary/aromatic N) is 1. The number of benzene rings is 2. The Morgan fingerprint density at radius 3 is 2.32 bits per heavy atom. The Labute approximate surface area is 111 Å². The van der Waals surface area contributed by atoms with E-state index in [1.807, 2.05) is 0 Å². The van der Waals surface area contributed by atoms with Gasteiger partial charge in [0, 0.05) is 5.56 Å². The molecule has 4 heteroatoms. The first kappa shape index (κ1) is 12.9. The van der Waals surface area contributed by atoms with E-state index in [4.69, 9.17) is 14.7 Å². The molecule has 1 N–H and O–H groups in total. The Hall–Kier alpha value is -2.51. The van der Waals surface area contributed by atoms with Gasteiger partial charge >= 0.3 is 0 Å². The van der Waals surface area contributed by atoms with Crippen molar-refractivity contribution in [1.29, 1.82) is 5.26 Å². The van der Waals surface area contributed by atoms with Crippen LogP contribution >= 0.6 is 0 Å². The summed E-state index contributed by atoms with van der Waals surface area (Å²) in [6.07, 6.45) is -1.20. The van der Waals surface area contributed by atoms with E-state index in [0.29, 0.717) is 17.1 Å². The van der Waals surface area contributed by atoms with Crippen molar-refractivity contribution in [3.63, 3.8) is 0 Å². The molecule has 1 unspecified atom stereocenters. The van der Waals surface area contributed by atoms with Crippen molar-refractivity contribution in [1.82, 2.24) is 0 Å². The Bertz CT molecular complexity index is 587. The van der Waals surface area contributed by atoms with E-state index in [2.05, 4.69) is 0 Å². The van der Waals surface area contributed by atoms with Crippen LogP contribution < -0.4 is 9.47 Å². The largest absolute Gasteiger partial charge is 0.497 e. The van der Waals surface area contributed by atoms with E-state index in [1.54, 1.807) is 61.7 Å². The molecule has 0 aliphatic rings. The Morgan fingerprint density at radius 2 is 1.68 bits per heavy atom. The van der Waals surface area contributed by atoms with E-state index in [0.717, 1.165) is 5.75 Å². The highest BCUT2D eigenvalue weighted by Crippen LogP contribution is 2.30. The number of nitriles is 1. The lowest BCUT2D eigenvalue weighted by atomic mass is 10.1. The van der Waals surface area contributed by atoms with Crippen molar-refractivity contribution in [2.75, 3.05) is 7.11 Å². The van der Waals surface area contributed by atoms with Gasteiger partial charge in [0.05, 0.1) is 13.2 Å². The van der Waals surface area contributed by atoms with Crippen LogP contribution in [0.5, 0.6) is 17.2 Å². The zero-order chi connectivity index (χ0) is 13.7. The smallest absolute Gasteiger partial charge is 0.169 e. The van der Waals surface area contributed by atoms with Crippen molar-refractivity contribution in [2.45, 2.75) is 6.10 Å². The maximum absolute atomic E-state index is 9.61. The fourth-order valence-electron chi connectivity index (χ4n) is 1.64. The summed E-state index contributed by atoms with van der Waals surface area (Å²) in [5.41, 5.74) is 0.445. The van der Waals surface area contributed by atoms with Crippen molar-refractivity contribution in [3.05, 3.63) is 54.1 Å². The molecule has 0 aliphatic heterocycles. The van der Waals surface area contributed by atoms with Gasteiger partial charge in [-0.15, -0.1) is 0 Å². The molecule has 0 spiro atoms. The lowest BCUT2D eigenvalue weighted by Crippen LogP contribution is -1.97. The summed E-state index contributed by atoms with van der Waals surface area (Å²) in [5.74, 6) is 1.80. The Balaban J connectivity index is 2.25. The number of para-hydroxylation sites is 1. The molecular weight excluding hydrogens is 242 g/mol. The zero-order valence-corrected chi connectivity index (χ0v) is 10.4. The Morgan fingerprint density at radius 1 is 1.05 bits per heavy atom. The molecule has 0 saturated carbocycles. The Kier molecular flexibility index (Phi) is 4.01. The highest BCUT2D eigenvalue weighted by molar-refractivity contribution is 5.41. The third-order valence-electron chi connectivity index (χ3n) is 2.62. The molecule has 96 valence electrons. The average Bonchev–Trinajstić information content (AvgIpc) is 2.48. The summed E-state index contributed by atoms with van der Waals surface area (Å²) in [6, 6.07) is 15.7. The fourth-order valence-corrected chi connectivity index (χ4v) is 1.64. The van der Waals surface area contributed by atoms with Gasteiger partial charge in [-0.3, -0.25) is 0 Å². The molecular formula is C15H13NO3. The molecule has 0 aliphatic carbocycles. The summed E-state index contributed by atoms with van der Waals surface area (Å²) >= 11 is 0. The second-order valence-corrected chi connectivity index (χ2v) is 3.85. The van der Waals surface area contributed by atoms with Crippen LogP contribution in [0.2, 0.25) is 0 Å².